The van der Waals surface area contributed by atoms with Gasteiger partial charge in [0.05, 0.1) is 28.1 Å². The van der Waals surface area contributed by atoms with Gasteiger partial charge in [-0.2, -0.15) is 5.26 Å². The highest BCUT2D eigenvalue weighted by atomic mass is 32.2. The molecule has 1 N–H and O–H groups in total. The van der Waals surface area contributed by atoms with Crippen molar-refractivity contribution >= 4 is 38.9 Å². The van der Waals surface area contributed by atoms with Crippen LogP contribution in [0.1, 0.15) is 10.6 Å². The van der Waals surface area contributed by atoms with Crippen LogP contribution >= 0.6 is 23.1 Å². The zero-order valence-corrected chi connectivity index (χ0v) is 19.9. The molecule has 0 spiro atoms. The summed E-state index contributed by atoms with van der Waals surface area (Å²) in [5, 5.41) is 30.0. The highest BCUT2D eigenvalue weighted by molar-refractivity contribution is 7.99. The molecule has 0 aliphatic heterocycles. The van der Waals surface area contributed by atoms with E-state index in [1.807, 2.05) is 59.2 Å². The van der Waals surface area contributed by atoms with Gasteiger partial charge in [0.2, 0.25) is 0 Å². The molecule has 5 aromatic rings. The SMILES string of the molecule is N#C/C(=C(/O)CSc1nnc(-c2ccccc2F)n1Cc1ccccc1)c1nc2ccccc2s1. The Morgan fingerprint density at radius 2 is 1.74 bits per heavy atom. The number of para-hydroxylation sites is 1. The Kier molecular flexibility index (Phi) is 6.57. The molecule has 0 unspecified atom stereocenters. The van der Waals surface area contributed by atoms with Crippen LogP contribution < -0.4 is 0 Å². The number of nitrogens with zero attached hydrogens (tertiary/aromatic N) is 5. The highest BCUT2D eigenvalue weighted by Crippen LogP contribution is 2.31. The van der Waals surface area contributed by atoms with E-state index in [1.54, 1.807) is 18.2 Å². The molecule has 0 radical (unpaired) electrons. The predicted molar refractivity (Wildman–Crippen MR) is 136 cm³/mol. The summed E-state index contributed by atoms with van der Waals surface area (Å²) in [6, 6.07) is 25.8. The number of benzene rings is 3. The minimum absolute atomic E-state index is 0.0863. The summed E-state index contributed by atoms with van der Waals surface area (Å²) in [5.41, 5.74) is 2.24. The smallest absolute Gasteiger partial charge is 0.192 e. The molecule has 0 aliphatic rings. The molecule has 0 aliphatic carbocycles. The van der Waals surface area contributed by atoms with Gasteiger partial charge in [-0.25, -0.2) is 9.37 Å². The molecular formula is C26H18FN5OS2. The summed E-state index contributed by atoms with van der Waals surface area (Å²) in [6.45, 7) is 0.424. The third-order valence-corrected chi connectivity index (χ3v) is 7.29. The van der Waals surface area contributed by atoms with Crippen molar-refractivity contribution in [1.82, 2.24) is 19.7 Å². The van der Waals surface area contributed by atoms with Gasteiger partial charge in [-0.05, 0) is 29.8 Å². The number of fused-ring (bicyclic) bond motifs is 1. The van der Waals surface area contributed by atoms with E-state index in [4.69, 9.17) is 0 Å². The average Bonchev–Trinajstić information content (AvgIpc) is 3.48. The van der Waals surface area contributed by atoms with E-state index < -0.39 is 5.82 Å². The van der Waals surface area contributed by atoms with Crippen molar-refractivity contribution in [2.75, 3.05) is 5.75 Å². The summed E-state index contributed by atoms with van der Waals surface area (Å²) in [4.78, 5) is 4.48. The molecule has 0 fully saturated rings. The predicted octanol–water partition coefficient (Wildman–Crippen LogP) is 6.33. The lowest BCUT2D eigenvalue weighted by Crippen LogP contribution is -2.05. The van der Waals surface area contributed by atoms with E-state index in [9.17, 15) is 14.8 Å². The zero-order chi connectivity index (χ0) is 24.2. The molecule has 2 aromatic heterocycles. The molecule has 2 heterocycles. The van der Waals surface area contributed by atoms with Gasteiger partial charge in [-0.3, -0.25) is 4.57 Å². The Hall–Kier alpha value is -4.00. The molecule has 3 aromatic carbocycles. The third kappa shape index (κ3) is 4.80. The zero-order valence-electron chi connectivity index (χ0n) is 18.3. The molecule has 0 bridgehead atoms. The lowest BCUT2D eigenvalue weighted by atomic mass is 10.2. The van der Waals surface area contributed by atoms with E-state index >= 15 is 0 Å². The maximum absolute atomic E-state index is 14.6. The van der Waals surface area contributed by atoms with Gasteiger partial charge >= 0.3 is 0 Å². The first-order valence-corrected chi connectivity index (χ1v) is 12.5. The fraction of sp³-hybridized carbons (Fsp3) is 0.0769. The van der Waals surface area contributed by atoms with Crippen LogP contribution in [0.2, 0.25) is 0 Å². The van der Waals surface area contributed by atoms with Crippen LogP contribution in [-0.2, 0) is 6.54 Å². The number of hydrogen-bond donors (Lipinski definition) is 1. The average molecular weight is 500 g/mol. The minimum Gasteiger partial charge on any atom is -0.510 e. The number of aliphatic hydroxyl groups is 1. The van der Waals surface area contributed by atoms with Crippen LogP contribution in [-0.4, -0.2) is 30.6 Å². The third-order valence-electron chi connectivity index (χ3n) is 5.26. The minimum atomic E-state index is -0.392. The maximum Gasteiger partial charge on any atom is 0.192 e. The molecule has 6 nitrogen and oxygen atoms in total. The van der Waals surface area contributed by atoms with Crippen LogP contribution in [0.5, 0.6) is 0 Å². The number of halogens is 1. The quantitative estimate of drug-likeness (QED) is 0.160. The lowest BCUT2D eigenvalue weighted by Gasteiger charge is -2.11. The van der Waals surface area contributed by atoms with Crippen LogP contribution in [0.4, 0.5) is 4.39 Å². The molecular weight excluding hydrogens is 481 g/mol. The van der Waals surface area contributed by atoms with Crippen molar-refractivity contribution in [3.8, 4) is 17.5 Å². The Morgan fingerprint density at radius 3 is 2.51 bits per heavy atom. The second-order valence-electron chi connectivity index (χ2n) is 7.57. The van der Waals surface area contributed by atoms with Crippen LogP contribution in [0.3, 0.4) is 0 Å². The summed E-state index contributed by atoms with van der Waals surface area (Å²) in [5.74, 6) is -0.0119. The van der Waals surface area contributed by atoms with Crippen LogP contribution in [0, 0.1) is 17.1 Å². The standard InChI is InChI=1S/C26H18FN5OS2/c27-20-11-5-4-10-18(20)24-30-31-26(32(24)15-17-8-2-1-3-9-17)34-16-22(33)19(14-28)25-29-21-12-6-7-13-23(21)35-25/h1-13,33H,15-16H2/b22-19-. The largest absolute Gasteiger partial charge is 0.510 e. The van der Waals surface area contributed by atoms with Gasteiger partial charge < -0.3 is 5.11 Å². The Bertz CT molecular complexity index is 1540. The molecule has 172 valence electrons. The summed E-state index contributed by atoms with van der Waals surface area (Å²) in [7, 11) is 0. The topological polar surface area (TPSA) is 87.6 Å². The maximum atomic E-state index is 14.6. The second kappa shape index (κ2) is 10.1. The monoisotopic (exact) mass is 499 g/mol. The van der Waals surface area contributed by atoms with Crippen molar-refractivity contribution < 1.29 is 9.50 Å². The fourth-order valence-corrected chi connectivity index (χ4v) is 5.36. The fourth-order valence-electron chi connectivity index (χ4n) is 3.57. The van der Waals surface area contributed by atoms with Gasteiger partial charge in [0.25, 0.3) is 0 Å². The number of thioether (sulfide) groups is 1. The van der Waals surface area contributed by atoms with Crippen molar-refractivity contribution in [1.29, 1.82) is 5.26 Å². The van der Waals surface area contributed by atoms with Crippen LogP contribution in [0.15, 0.2) is 89.8 Å². The molecule has 35 heavy (non-hydrogen) atoms. The normalized spacial score (nSPS) is 11.9. The number of rotatable bonds is 7. The number of aliphatic hydroxyl groups excluding tert-OH is 1. The number of aromatic nitrogens is 4. The van der Waals surface area contributed by atoms with Gasteiger partial charge in [-0.15, -0.1) is 21.5 Å². The number of hydrogen-bond acceptors (Lipinski definition) is 7. The molecule has 0 saturated carbocycles. The number of thiazole rings is 1. The molecule has 0 saturated heterocycles. The second-order valence-corrected chi connectivity index (χ2v) is 9.54. The van der Waals surface area contributed by atoms with E-state index in [2.05, 4.69) is 21.3 Å². The van der Waals surface area contributed by atoms with Crippen molar-refractivity contribution in [2.24, 2.45) is 0 Å². The van der Waals surface area contributed by atoms with Gasteiger partial charge in [0.1, 0.15) is 28.2 Å². The Morgan fingerprint density at radius 1 is 1.00 bits per heavy atom. The lowest BCUT2D eigenvalue weighted by molar-refractivity contribution is 0.420. The Labute approximate surface area is 209 Å². The molecule has 0 amide bonds. The molecule has 5 rings (SSSR count). The van der Waals surface area contributed by atoms with Crippen LogP contribution in [0.25, 0.3) is 27.2 Å². The first-order valence-electron chi connectivity index (χ1n) is 10.7. The van der Waals surface area contributed by atoms with E-state index in [1.165, 1.54) is 29.2 Å². The molecule has 9 heteroatoms. The highest BCUT2D eigenvalue weighted by Gasteiger charge is 2.19. The van der Waals surface area contributed by atoms with Gasteiger partial charge in [0.15, 0.2) is 11.0 Å². The van der Waals surface area contributed by atoms with Crippen molar-refractivity contribution in [3.05, 3.63) is 101 Å². The van der Waals surface area contributed by atoms with E-state index in [0.29, 0.717) is 28.1 Å². The van der Waals surface area contributed by atoms with E-state index in [-0.39, 0.29) is 17.1 Å². The summed E-state index contributed by atoms with van der Waals surface area (Å²) >= 11 is 2.58. The Balaban J connectivity index is 1.47. The van der Waals surface area contributed by atoms with Gasteiger partial charge in [0, 0.05) is 0 Å². The molecule has 0 atom stereocenters. The number of nitriles is 1. The van der Waals surface area contributed by atoms with Crippen molar-refractivity contribution in [2.45, 2.75) is 11.7 Å². The summed E-state index contributed by atoms with van der Waals surface area (Å²) in [6.07, 6.45) is 0. The number of allylic oxidation sites excluding steroid dienone is 1. The first kappa shape index (κ1) is 22.8. The summed E-state index contributed by atoms with van der Waals surface area (Å²) < 4.78 is 17.3. The van der Waals surface area contributed by atoms with E-state index in [0.717, 1.165) is 15.8 Å². The van der Waals surface area contributed by atoms with Crippen molar-refractivity contribution in [3.63, 3.8) is 0 Å². The van der Waals surface area contributed by atoms with Gasteiger partial charge in [-0.1, -0.05) is 66.4 Å². The first-order chi connectivity index (χ1) is 17.1.